The molecule has 0 aliphatic carbocycles. The topological polar surface area (TPSA) is 61.1 Å². The van der Waals surface area contributed by atoms with Crippen LogP contribution in [-0.2, 0) is 0 Å². The maximum atomic E-state index is 12.9. The van der Waals surface area contributed by atoms with Crippen molar-refractivity contribution in [3.8, 4) is 11.8 Å². The van der Waals surface area contributed by atoms with E-state index in [0.717, 1.165) is 12.1 Å². The summed E-state index contributed by atoms with van der Waals surface area (Å²) in [6.07, 6.45) is 0. The Morgan fingerprint density at radius 2 is 2.29 bits per heavy atom. The zero-order valence-corrected chi connectivity index (χ0v) is 8.51. The number of carbonyl (C=O) groups is 1. The third kappa shape index (κ3) is 1.91. The average molecular weight is 258 g/mol. The predicted octanol–water partition coefficient (Wildman–Crippen LogP) is 1.98. The minimum absolute atomic E-state index is 0.00585. The molecule has 0 aliphatic rings. The van der Waals surface area contributed by atoms with Gasteiger partial charge in [-0.2, -0.15) is 5.26 Å². The van der Waals surface area contributed by atoms with E-state index >= 15 is 0 Å². The van der Waals surface area contributed by atoms with Gasteiger partial charge in [0.15, 0.2) is 17.3 Å². The Kier molecular flexibility index (Phi) is 3.20. The minimum atomic E-state index is -0.909. The Balaban J connectivity index is 3.36. The number of aromatic hydroxyl groups is 1. The van der Waals surface area contributed by atoms with Crippen molar-refractivity contribution in [2.45, 2.75) is 0 Å². The lowest BCUT2D eigenvalue weighted by molar-refractivity contribution is 0.102. The largest absolute Gasteiger partial charge is 0.505 e. The molecule has 0 aromatic heterocycles. The highest BCUT2D eigenvalue weighted by Gasteiger charge is 2.14. The maximum absolute atomic E-state index is 12.9. The average Bonchev–Trinajstić information content (AvgIpc) is 2.20. The van der Waals surface area contributed by atoms with Crippen LogP contribution in [0.2, 0.25) is 0 Å². The molecule has 0 unspecified atom stereocenters. The Morgan fingerprint density at radius 3 is 2.79 bits per heavy atom. The quantitative estimate of drug-likeness (QED) is 0.651. The number of hydrogen-bond acceptors (Lipinski definition) is 3. The van der Waals surface area contributed by atoms with Gasteiger partial charge in [0.1, 0.15) is 6.07 Å². The molecule has 0 fully saturated rings. The van der Waals surface area contributed by atoms with Gasteiger partial charge in [0.05, 0.1) is 10.9 Å². The summed E-state index contributed by atoms with van der Waals surface area (Å²) in [7, 11) is 0. The fraction of sp³-hybridized carbons (Fsp3) is 0.111. The number of halogens is 2. The van der Waals surface area contributed by atoms with Gasteiger partial charge in [-0.05, 0) is 6.07 Å². The first-order valence-electron chi connectivity index (χ1n) is 3.62. The van der Waals surface area contributed by atoms with Gasteiger partial charge in [-0.25, -0.2) is 4.39 Å². The number of alkyl halides is 1. The molecule has 1 aromatic carbocycles. The monoisotopic (exact) mass is 257 g/mol. The van der Waals surface area contributed by atoms with Crippen molar-refractivity contribution in [2.24, 2.45) is 0 Å². The van der Waals surface area contributed by atoms with Crippen molar-refractivity contribution in [1.82, 2.24) is 0 Å². The highest BCUT2D eigenvalue weighted by Crippen LogP contribution is 2.21. The fourth-order valence-corrected chi connectivity index (χ4v) is 1.26. The summed E-state index contributed by atoms with van der Waals surface area (Å²) in [5.41, 5.74) is -0.0620. The van der Waals surface area contributed by atoms with Crippen LogP contribution in [0.5, 0.6) is 5.75 Å². The van der Waals surface area contributed by atoms with Crippen LogP contribution in [0.25, 0.3) is 0 Å². The molecule has 72 valence electrons. The first kappa shape index (κ1) is 10.7. The molecule has 3 nitrogen and oxygen atoms in total. The van der Waals surface area contributed by atoms with Gasteiger partial charge in [0.25, 0.3) is 0 Å². The van der Waals surface area contributed by atoms with Crippen LogP contribution in [-0.4, -0.2) is 16.2 Å². The molecule has 0 bridgehead atoms. The van der Waals surface area contributed by atoms with Crippen molar-refractivity contribution in [2.75, 3.05) is 5.33 Å². The lowest BCUT2D eigenvalue weighted by Gasteiger charge is -2.02. The fourth-order valence-electron chi connectivity index (χ4n) is 0.957. The first-order chi connectivity index (χ1) is 6.60. The number of hydrogen-bond donors (Lipinski definition) is 1. The number of nitrogens with zero attached hydrogens (tertiary/aromatic N) is 1. The molecule has 0 atom stereocenters. The standard InChI is InChI=1S/C9H5BrFNO2/c10-3-9(14)6-2-7(11)8(13)1-5(6)4-12/h1-2,13H,3H2. The van der Waals surface area contributed by atoms with Gasteiger partial charge in [0.2, 0.25) is 0 Å². The summed E-state index contributed by atoms with van der Waals surface area (Å²) in [5.74, 6) is -1.94. The maximum Gasteiger partial charge on any atom is 0.174 e. The number of benzene rings is 1. The van der Waals surface area contributed by atoms with Crippen LogP contribution in [0, 0.1) is 17.1 Å². The van der Waals surface area contributed by atoms with E-state index in [9.17, 15) is 9.18 Å². The third-order valence-corrected chi connectivity index (χ3v) is 2.14. The van der Waals surface area contributed by atoms with E-state index in [-0.39, 0.29) is 16.5 Å². The number of phenols is 1. The number of carbonyl (C=O) groups excluding carboxylic acids is 1. The van der Waals surface area contributed by atoms with Crippen LogP contribution >= 0.6 is 15.9 Å². The van der Waals surface area contributed by atoms with E-state index in [1.54, 1.807) is 6.07 Å². The summed E-state index contributed by atoms with van der Waals surface area (Å²) >= 11 is 2.91. The summed E-state index contributed by atoms with van der Waals surface area (Å²) in [4.78, 5) is 11.2. The molecule has 0 heterocycles. The molecule has 1 N–H and O–H groups in total. The lowest BCUT2D eigenvalue weighted by Crippen LogP contribution is -2.03. The normalized spacial score (nSPS) is 9.50. The molecule has 0 aliphatic heterocycles. The molecule has 0 saturated heterocycles. The second-order valence-electron chi connectivity index (χ2n) is 2.52. The summed E-state index contributed by atoms with van der Waals surface area (Å²) < 4.78 is 12.9. The van der Waals surface area contributed by atoms with E-state index < -0.39 is 17.3 Å². The molecular formula is C9H5BrFNO2. The summed E-state index contributed by atoms with van der Waals surface area (Å²) in [6, 6.07) is 3.50. The van der Waals surface area contributed by atoms with Gasteiger partial charge in [0, 0.05) is 11.6 Å². The third-order valence-electron chi connectivity index (χ3n) is 1.63. The van der Waals surface area contributed by atoms with Crippen LogP contribution in [0.1, 0.15) is 15.9 Å². The molecule has 0 radical (unpaired) electrons. The Labute approximate surface area is 87.9 Å². The number of rotatable bonds is 2. The first-order valence-corrected chi connectivity index (χ1v) is 4.74. The molecule has 0 saturated carbocycles. The summed E-state index contributed by atoms with van der Waals surface area (Å²) in [5, 5.41) is 17.6. The van der Waals surface area contributed by atoms with Crippen LogP contribution in [0.4, 0.5) is 4.39 Å². The lowest BCUT2D eigenvalue weighted by atomic mass is 10.0. The second kappa shape index (κ2) is 4.20. The molecule has 5 heteroatoms. The Bertz CT molecular complexity index is 426. The highest BCUT2D eigenvalue weighted by atomic mass is 79.9. The molecule has 14 heavy (non-hydrogen) atoms. The zero-order chi connectivity index (χ0) is 10.7. The molecular weight excluding hydrogens is 253 g/mol. The van der Waals surface area contributed by atoms with Gasteiger partial charge in [-0.15, -0.1) is 0 Å². The summed E-state index contributed by atoms with van der Waals surface area (Å²) in [6.45, 7) is 0. The van der Waals surface area contributed by atoms with Crippen LogP contribution in [0.15, 0.2) is 12.1 Å². The number of phenolic OH excluding ortho intramolecular Hbond substituents is 1. The van der Waals surface area contributed by atoms with Crippen molar-refractivity contribution < 1.29 is 14.3 Å². The van der Waals surface area contributed by atoms with Crippen LogP contribution in [0.3, 0.4) is 0 Å². The number of ketones is 1. The van der Waals surface area contributed by atoms with Gasteiger partial charge in [-0.1, -0.05) is 15.9 Å². The number of nitriles is 1. The number of Topliss-reactive ketones (excluding diaryl/α,β-unsaturated/α-hetero) is 1. The van der Waals surface area contributed by atoms with Crippen LogP contribution < -0.4 is 0 Å². The van der Waals surface area contributed by atoms with Crippen molar-refractivity contribution in [1.29, 1.82) is 5.26 Å². The van der Waals surface area contributed by atoms with Gasteiger partial charge < -0.3 is 5.11 Å². The van der Waals surface area contributed by atoms with Crippen molar-refractivity contribution >= 4 is 21.7 Å². The van der Waals surface area contributed by atoms with E-state index in [2.05, 4.69) is 15.9 Å². The van der Waals surface area contributed by atoms with E-state index in [0.29, 0.717) is 0 Å². The predicted molar refractivity (Wildman–Crippen MR) is 50.9 cm³/mol. The van der Waals surface area contributed by atoms with E-state index in [1.165, 1.54) is 0 Å². The Hall–Kier alpha value is -1.41. The van der Waals surface area contributed by atoms with Gasteiger partial charge >= 0.3 is 0 Å². The smallest absolute Gasteiger partial charge is 0.174 e. The zero-order valence-electron chi connectivity index (χ0n) is 6.92. The molecule has 0 amide bonds. The molecule has 0 spiro atoms. The van der Waals surface area contributed by atoms with E-state index in [1.807, 2.05) is 0 Å². The SMILES string of the molecule is N#Cc1cc(O)c(F)cc1C(=O)CBr. The van der Waals surface area contributed by atoms with Crippen molar-refractivity contribution in [3.63, 3.8) is 0 Å². The minimum Gasteiger partial charge on any atom is -0.505 e. The highest BCUT2D eigenvalue weighted by molar-refractivity contribution is 9.09. The van der Waals surface area contributed by atoms with Crippen molar-refractivity contribution in [3.05, 3.63) is 29.1 Å². The second-order valence-corrected chi connectivity index (χ2v) is 3.08. The molecule has 1 rings (SSSR count). The van der Waals surface area contributed by atoms with Gasteiger partial charge in [-0.3, -0.25) is 4.79 Å². The Morgan fingerprint density at radius 1 is 1.64 bits per heavy atom. The molecule has 1 aromatic rings. The van der Waals surface area contributed by atoms with E-state index in [4.69, 9.17) is 10.4 Å².